The number of benzene rings is 1. The first-order valence-corrected chi connectivity index (χ1v) is 3.60. The Balaban J connectivity index is 0.00000144. The van der Waals surface area contributed by atoms with Crippen LogP contribution in [0.25, 0.3) is 0 Å². The molecule has 0 aliphatic heterocycles. The summed E-state index contributed by atoms with van der Waals surface area (Å²) in [5, 5.41) is 10.2. The van der Waals surface area contributed by atoms with Crippen LogP contribution in [-0.2, 0) is 11.2 Å². The molecule has 0 spiro atoms. The molecule has 0 radical (unpaired) electrons. The molecule has 0 aliphatic rings. The molecular formula is C8H6ClNaO3. The summed E-state index contributed by atoms with van der Waals surface area (Å²) in [4.78, 5) is 10.2. The van der Waals surface area contributed by atoms with Crippen molar-refractivity contribution in [3.05, 3.63) is 29.8 Å². The van der Waals surface area contributed by atoms with Crippen LogP contribution in [0.1, 0.15) is 5.56 Å². The van der Waals surface area contributed by atoms with Crippen LogP contribution in [-0.4, -0.2) is 5.97 Å². The third kappa shape index (κ3) is 4.52. The van der Waals surface area contributed by atoms with Gasteiger partial charge >= 0.3 is 29.6 Å². The van der Waals surface area contributed by atoms with Crippen molar-refractivity contribution in [3.63, 3.8) is 0 Å². The Hall–Kier alpha value is -0.220. The Bertz CT molecular complexity index is 273. The Labute approximate surface area is 103 Å². The molecule has 13 heavy (non-hydrogen) atoms. The van der Waals surface area contributed by atoms with Crippen molar-refractivity contribution in [1.29, 1.82) is 0 Å². The largest absolute Gasteiger partial charge is 1.00 e. The van der Waals surface area contributed by atoms with Crippen LogP contribution in [0.15, 0.2) is 24.3 Å². The van der Waals surface area contributed by atoms with Crippen LogP contribution in [0.2, 0.25) is 0 Å². The summed E-state index contributed by atoms with van der Waals surface area (Å²) >= 11 is 5.06. The molecule has 0 saturated heterocycles. The van der Waals surface area contributed by atoms with Crippen molar-refractivity contribution in [2.75, 3.05) is 0 Å². The normalized spacial score (nSPS) is 8.69. The van der Waals surface area contributed by atoms with Crippen LogP contribution in [0, 0.1) is 0 Å². The Morgan fingerprint density at radius 3 is 2.31 bits per heavy atom. The minimum atomic E-state index is -1.10. The van der Waals surface area contributed by atoms with Crippen molar-refractivity contribution < 1.29 is 43.7 Å². The van der Waals surface area contributed by atoms with E-state index in [1.807, 2.05) is 0 Å². The van der Waals surface area contributed by atoms with E-state index in [1.165, 1.54) is 0 Å². The average Bonchev–Trinajstić information content (AvgIpc) is 2.05. The van der Waals surface area contributed by atoms with Gasteiger partial charge in [0, 0.05) is 12.4 Å². The number of carbonyl (C=O) groups excluding carboxylic acids is 1. The molecule has 0 heterocycles. The summed E-state index contributed by atoms with van der Waals surface area (Å²) in [6.45, 7) is 0. The quantitative estimate of drug-likeness (QED) is 0.517. The molecule has 0 amide bonds. The van der Waals surface area contributed by atoms with Gasteiger partial charge in [0.1, 0.15) is 17.6 Å². The van der Waals surface area contributed by atoms with Crippen molar-refractivity contribution >= 4 is 17.8 Å². The van der Waals surface area contributed by atoms with Gasteiger partial charge < -0.3 is 14.2 Å². The van der Waals surface area contributed by atoms with E-state index in [0.717, 1.165) is 0 Å². The van der Waals surface area contributed by atoms with E-state index in [2.05, 4.69) is 4.29 Å². The number of rotatable bonds is 3. The maximum Gasteiger partial charge on any atom is 1.00 e. The molecule has 1 rings (SSSR count). The molecule has 3 nitrogen and oxygen atoms in total. The monoisotopic (exact) mass is 208 g/mol. The Morgan fingerprint density at radius 2 is 1.92 bits per heavy atom. The van der Waals surface area contributed by atoms with Crippen LogP contribution in [0.4, 0.5) is 0 Å². The SMILES string of the molecule is O=C([O-])Cc1ccc(OCl)cc1.[Na+]. The first-order chi connectivity index (χ1) is 5.72. The number of carboxylic acid groups (broad SMARTS) is 1. The molecule has 0 unspecified atom stereocenters. The standard InChI is InChI=1S/C8H7ClO3.Na/c9-12-7-3-1-6(2-4-7)5-8(10)11;/h1-4H,5H2,(H,10,11);/q;+1/p-1. The fourth-order valence-corrected chi connectivity index (χ4v) is 0.928. The molecular weight excluding hydrogens is 203 g/mol. The van der Waals surface area contributed by atoms with E-state index in [9.17, 15) is 9.90 Å². The molecule has 1 aromatic rings. The van der Waals surface area contributed by atoms with Gasteiger partial charge in [-0.15, -0.1) is 0 Å². The molecule has 0 atom stereocenters. The van der Waals surface area contributed by atoms with Crippen molar-refractivity contribution in [3.8, 4) is 5.75 Å². The van der Waals surface area contributed by atoms with Crippen molar-refractivity contribution in [2.24, 2.45) is 0 Å². The second-order valence-electron chi connectivity index (χ2n) is 2.27. The zero-order valence-corrected chi connectivity index (χ0v) is 9.88. The van der Waals surface area contributed by atoms with E-state index >= 15 is 0 Å². The second kappa shape index (κ2) is 6.27. The number of hydrogen-bond donors (Lipinski definition) is 0. The van der Waals surface area contributed by atoms with Gasteiger partial charge in [-0.3, -0.25) is 0 Å². The molecule has 0 saturated carbocycles. The van der Waals surface area contributed by atoms with Gasteiger partial charge in [-0.05, 0) is 17.7 Å². The molecule has 0 fully saturated rings. The van der Waals surface area contributed by atoms with Gasteiger partial charge in [-0.2, -0.15) is 0 Å². The average molecular weight is 209 g/mol. The minimum absolute atomic E-state index is 0. The Kier molecular flexibility index (Phi) is 6.16. The van der Waals surface area contributed by atoms with Crippen molar-refractivity contribution in [1.82, 2.24) is 0 Å². The smallest absolute Gasteiger partial charge is 0.550 e. The summed E-state index contributed by atoms with van der Waals surface area (Å²) in [7, 11) is 0. The first kappa shape index (κ1) is 12.8. The number of carbonyl (C=O) groups is 1. The van der Waals surface area contributed by atoms with Crippen LogP contribution in [0.3, 0.4) is 0 Å². The van der Waals surface area contributed by atoms with E-state index < -0.39 is 5.97 Å². The van der Waals surface area contributed by atoms with E-state index in [0.29, 0.717) is 11.3 Å². The summed E-state index contributed by atoms with van der Waals surface area (Å²) in [5.41, 5.74) is 0.660. The molecule has 1 aromatic carbocycles. The predicted octanol–water partition coefficient (Wildman–Crippen LogP) is -2.48. The Morgan fingerprint density at radius 1 is 1.38 bits per heavy atom. The molecule has 0 aliphatic carbocycles. The molecule has 5 heteroatoms. The van der Waals surface area contributed by atoms with Gasteiger partial charge in [-0.25, -0.2) is 0 Å². The summed E-state index contributed by atoms with van der Waals surface area (Å²) in [6, 6.07) is 6.41. The van der Waals surface area contributed by atoms with Crippen molar-refractivity contribution in [2.45, 2.75) is 6.42 Å². The molecule has 0 bridgehead atoms. The van der Waals surface area contributed by atoms with E-state index in [-0.39, 0.29) is 36.0 Å². The number of aliphatic carboxylic acids is 1. The van der Waals surface area contributed by atoms with Gasteiger partial charge in [0.25, 0.3) is 0 Å². The minimum Gasteiger partial charge on any atom is -0.550 e. The summed E-state index contributed by atoms with van der Waals surface area (Å²) in [5.74, 6) is -0.617. The van der Waals surface area contributed by atoms with Gasteiger partial charge in [0.05, 0.1) is 0 Å². The van der Waals surface area contributed by atoms with Crippen LogP contribution < -0.4 is 39.0 Å². The second-order valence-corrected chi connectivity index (χ2v) is 2.42. The first-order valence-electron chi connectivity index (χ1n) is 3.30. The van der Waals surface area contributed by atoms with E-state index in [4.69, 9.17) is 11.9 Å². The van der Waals surface area contributed by atoms with Crippen LogP contribution >= 0.6 is 11.9 Å². The number of hydrogen-bond acceptors (Lipinski definition) is 3. The van der Waals surface area contributed by atoms with Gasteiger partial charge in [0.15, 0.2) is 0 Å². The summed E-state index contributed by atoms with van der Waals surface area (Å²) < 4.78 is 4.38. The maximum absolute atomic E-state index is 10.2. The van der Waals surface area contributed by atoms with Crippen LogP contribution in [0.5, 0.6) is 5.75 Å². The fourth-order valence-electron chi connectivity index (χ4n) is 0.825. The number of halogens is 1. The molecule has 0 N–H and O–H groups in total. The fraction of sp³-hybridized carbons (Fsp3) is 0.125. The zero-order chi connectivity index (χ0) is 8.97. The maximum atomic E-state index is 10.2. The van der Waals surface area contributed by atoms with Gasteiger partial charge in [-0.1, -0.05) is 12.1 Å². The number of carboxylic acids is 1. The van der Waals surface area contributed by atoms with Gasteiger partial charge in [0.2, 0.25) is 0 Å². The third-order valence-corrected chi connectivity index (χ3v) is 1.54. The predicted molar refractivity (Wildman–Crippen MR) is 41.6 cm³/mol. The topological polar surface area (TPSA) is 49.4 Å². The molecule has 64 valence electrons. The zero-order valence-electron chi connectivity index (χ0n) is 7.12. The third-order valence-electron chi connectivity index (χ3n) is 1.36. The summed E-state index contributed by atoms with van der Waals surface area (Å²) in [6.07, 6.45) is -0.0947. The molecule has 0 aromatic heterocycles. The van der Waals surface area contributed by atoms with E-state index in [1.54, 1.807) is 24.3 Å².